The highest BCUT2D eigenvalue weighted by molar-refractivity contribution is 7.89. The van der Waals surface area contributed by atoms with Gasteiger partial charge in [-0.3, -0.25) is 10.1 Å². The first-order valence-electron chi connectivity index (χ1n) is 7.62. The van der Waals surface area contributed by atoms with Crippen LogP contribution < -0.4 is 5.32 Å². The van der Waals surface area contributed by atoms with Gasteiger partial charge in [0.1, 0.15) is 0 Å². The number of benzene rings is 2. The monoisotopic (exact) mass is 417 g/mol. The van der Waals surface area contributed by atoms with Crippen LogP contribution in [0.25, 0.3) is 0 Å². The summed E-state index contributed by atoms with van der Waals surface area (Å²) in [6.45, 7) is 1.09. The smallest absolute Gasteiger partial charge is 0.289 e. The molecule has 2 aromatic rings. The number of nitrogens with zero attached hydrogens (tertiary/aromatic N) is 2. The quantitative estimate of drug-likeness (QED) is 0.609. The van der Waals surface area contributed by atoms with E-state index in [0.717, 1.165) is 5.56 Å². The summed E-state index contributed by atoms with van der Waals surface area (Å²) >= 11 is 6.03. The molecule has 0 aliphatic carbocycles. The van der Waals surface area contributed by atoms with Crippen LogP contribution in [0.5, 0.6) is 0 Å². The molecular formula is C16H17Cl2N3O4S. The lowest BCUT2D eigenvalue weighted by Gasteiger charge is -2.35. The summed E-state index contributed by atoms with van der Waals surface area (Å²) in [5.74, 6) is 0. The fourth-order valence-corrected chi connectivity index (χ4v) is 4.90. The highest BCUT2D eigenvalue weighted by Gasteiger charge is 2.37. The van der Waals surface area contributed by atoms with Crippen molar-refractivity contribution in [1.29, 1.82) is 0 Å². The Morgan fingerprint density at radius 1 is 1.19 bits per heavy atom. The predicted octanol–water partition coefficient (Wildman–Crippen LogP) is 3.01. The zero-order chi connectivity index (χ0) is 18.0. The minimum absolute atomic E-state index is 0. The van der Waals surface area contributed by atoms with Crippen LogP contribution in [0.4, 0.5) is 5.69 Å². The molecule has 140 valence electrons. The Morgan fingerprint density at radius 2 is 1.92 bits per heavy atom. The summed E-state index contributed by atoms with van der Waals surface area (Å²) < 4.78 is 27.6. The van der Waals surface area contributed by atoms with Crippen molar-refractivity contribution in [3.63, 3.8) is 0 Å². The van der Waals surface area contributed by atoms with E-state index in [0.29, 0.717) is 18.1 Å². The first-order valence-corrected chi connectivity index (χ1v) is 9.44. The van der Waals surface area contributed by atoms with Gasteiger partial charge in [-0.1, -0.05) is 35.9 Å². The largest absolute Gasteiger partial charge is 0.313 e. The molecule has 1 atom stereocenters. The number of nitro groups is 1. The molecule has 3 rings (SSSR count). The van der Waals surface area contributed by atoms with Crippen molar-refractivity contribution in [1.82, 2.24) is 9.62 Å². The van der Waals surface area contributed by atoms with E-state index in [1.807, 2.05) is 0 Å². The summed E-state index contributed by atoms with van der Waals surface area (Å²) in [5.41, 5.74) is 0.313. The van der Waals surface area contributed by atoms with Crippen LogP contribution in [0.15, 0.2) is 53.4 Å². The summed E-state index contributed by atoms with van der Waals surface area (Å²) in [7, 11) is -4.04. The van der Waals surface area contributed by atoms with E-state index < -0.39 is 26.7 Å². The molecule has 7 nitrogen and oxygen atoms in total. The molecule has 1 saturated heterocycles. The number of nitrogens with one attached hydrogen (secondary N) is 1. The minimum atomic E-state index is -4.04. The topological polar surface area (TPSA) is 92.5 Å². The molecule has 1 aliphatic rings. The van der Waals surface area contributed by atoms with E-state index in [-0.39, 0.29) is 23.8 Å². The third-order valence-electron chi connectivity index (χ3n) is 4.08. The predicted molar refractivity (Wildman–Crippen MR) is 101 cm³/mol. The highest BCUT2D eigenvalue weighted by atomic mass is 35.5. The maximum atomic E-state index is 13.1. The molecule has 10 heteroatoms. The van der Waals surface area contributed by atoms with Crippen molar-refractivity contribution in [3.8, 4) is 0 Å². The molecule has 1 aliphatic heterocycles. The van der Waals surface area contributed by atoms with Gasteiger partial charge in [0, 0.05) is 30.7 Å². The van der Waals surface area contributed by atoms with Crippen molar-refractivity contribution >= 4 is 39.7 Å². The molecule has 0 amide bonds. The van der Waals surface area contributed by atoms with E-state index >= 15 is 0 Å². The van der Waals surface area contributed by atoms with Crippen molar-refractivity contribution < 1.29 is 13.3 Å². The normalized spacial score (nSPS) is 18.1. The Labute approximate surface area is 162 Å². The number of piperazine rings is 1. The Balaban J connectivity index is 0.00000243. The van der Waals surface area contributed by atoms with Crippen LogP contribution in [0.3, 0.4) is 0 Å². The molecule has 2 aromatic carbocycles. The molecule has 0 spiro atoms. The molecule has 0 radical (unpaired) electrons. The Hall–Kier alpha value is -1.71. The van der Waals surface area contributed by atoms with E-state index in [1.165, 1.54) is 28.6 Å². The molecule has 1 unspecified atom stereocenters. The second kappa shape index (κ2) is 8.32. The first kappa shape index (κ1) is 20.6. The fraction of sp³-hybridized carbons (Fsp3) is 0.250. The lowest BCUT2D eigenvalue weighted by molar-refractivity contribution is -0.387. The van der Waals surface area contributed by atoms with Gasteiger partial charge in [-0.15, -0.1) is 12.4 Å². The van der Waals surface area contributed by atoms with Crippen LogP contribution in [0.2, 0.25) is 5.02 Å². The van der Waals surface area contributed by atoms with E-state index in [2.05, 4.69) is 5.32 Å². The molecular weight excluding hydrogens is 401 g/mol. The second-order valence-electron chi connectivity index (χ2n) is 5.62. The minimum Gasteiger partial charge on any atom is -0.313 e. The van der Waals surface area contributed by atoms with Gasteiger partial charge in [-0.2, -0.15) is 4.31 Å². The molecule has 0 bridgehead atoms. The Morgan fingerprint density at radius 3 is 2.62 bits per heavy atom. The van der Waals surface area contributed by atoms with Gasteiger partial charge in [-0.25, -0.2) is 8.42 Å². The zero-order valence-electron chi connectivity index (χ0n) is 13.5. The number of rotatable bonds is 4. The summed E-state index contributed by atoms with van der Waals surface area (Å²) in [5, 5.41) is 14.9. The number of hydrogen-bond acceptors (Lipinski definition) is 5. The lowest BCUT2D eigenvalue weighted by Crippen LogP contribution is -2.48. The van der Waals surface area contributed by atoms with E-state index in [4.69, 9.17) is 11.6 Å². The van der Waals surface area contributed by atoms with Crippen molar-refractivity contribution in [2.75, 3.05) is 19.6 Å². The number of sulfonamides is 1. The second-order valence-corrected chi connectivity index (χ2v) is 7.91. The van der Waals surface area contributed by atoms with Crippen LogP contribution in [-0.4, -0.2) is 37.3 Å². The van der Waals surface area contributed by atoms with Gasteiger partial charge in [0.05, 0.1) is 11.0 Å². The first-order chi connectivity index (χ1) is 11.9. The summed E-state index contributed by atoms with van der Waals surface area (Å²) in [6, 6.07) is 11.9. The molecule has 1 heterocycles. The van der Waals surface area contributed by atoms with E-state index in [9.17, 15) is 18.5 Å². The number of hydrogen-bond donors (Lipinski definition) is 1. The summed E-state index contributed by atoms with van der Waals surface area (Å²) in [6.07, 6.45) is 0. The van der Waals surface area contributed by atoms with Gasteiger partial charge < -0.3 is 5.32 Å². The molecule has 0 aromatic heterocycles. The Kier molecular flexibility index (Phi) is 6.59. The average Bonchev–Trinajstić information content (AvgIpc) is 2.61. The molecule has 1 N–H and O–H groups in total. The van der Waals surface area contributed by atoms with Gasteiger partial charge in [0.15, 0.2) is 4.90 Å². The van der Waals surface area contributed by atoms with Gasteiger partial charge in [0.2, 0.25) is 0 Å². The third kappa shape index (κ3) is 3.99. The van der Waals surface area contributed by atoms with Crippen LogP contribution in [0.1, 0.15) is 11.6 Å². The van der Waals surface area contributed by atoms with Gasteiger partial charge in [-0.05, 0) is 23.8 Å². The highest BCUT2D eigenvalue weighted by Crippen LogP contribution is 2.33. The maximum Gasteiger partial charge on any atom is 0.289 e. The maximum absolute atomic E-state index is 13.1. The SMILES string of the molecule is Cl.O=[N+]([O-])c1ccccc1S(=O)(=O)N1CCNCC1c1cccc(Cl)c1. The van der Waals surface area contributed by atoms with Crippen molar-refractivity contribution in [2.45, 2.75) is 10.9 Å². The van der Waals surface area contributed by atoms with Crippen LogP contribution in [0, 0.1) is 10.1 Å². The average molecular weight is 418 g/mol. The Bertz CT molecular complexity index is 908. The van der Waals surface area contributed by atoms with Crippen LogP contribution >= 0.6 is 24.0 Å². The number of halogens is 2. The number of nitro benzene ring substituents is 1. The van der Waals surface area contributed by atoms with Crippen molar-refractivity contribution in [2.24, 2.45) is 0 Å². The molecule has 26 heavy (non-hydrogen) atoms. The zero-order valence-corrected chi connectivity index (χ0v) is 15.9. The number of para-hydroxylation sites is 1. The fourth-order valence-electron chi connectivity index (χ4n) is 2.92. The standard InChI is InChI=1S/C16H16ClN3O4S.ClH/c17-13-5-3-4-12(10-13)15-11-18-8-9-19(15)25(23,24)16-7-2-1-6-14(16)20(21)22;/h1-7,10,15,18H,8-9,11H2;1H. The van der Waals surface area contributed by atoms with Crippen LogP contribution in [-0.2, 0) is 10.0 Å². The molecule has 1 fully saturated rings. The van der Waals surface area contributed by atoms with E-state index in [1.54, 1.807) is 24.3 Å². The van der Waals surface area contributed by atoms with Gasteiger partial charge >= 0.3 is 0 Å². The van der Waals surface area contributed by atoms with Crippen molar-refractivity contribution in [3.05, 3.63) is 69.2 Å². The summed E-state index contributed by atoms with van der Waals surface area (Å²) in [4.78, 5) is 10.3. The third-order valence-corrected chi connectivity index (χ3v) is 6.27. The van der Waals surface area contributed by atoms with Gasteiger partial charge in [0.25, 0.3) is 15.7 Å². The molecule has 0 saturated carbocycles. The lowest BCUT2D eigenvalue weighted by atomic mass is 10.1.